The van der Waals surface area contributed by atoms with Crippen LogP contribution in [0.2, 0.25) is 0 Å². The maximum absolute atomic E-state index is 5.55. The lowest BCUT2D eigenvalue weighted by atomic mass is 9.70. The van der Waals surface area contributed by atoms with Crippen molar-refractivity contribution in [3.8, 4) is 123 Å². The van der Waals surface area contributed by atoms with E-state index in [1.807, 2.05) is 0 Å². The fourth-order valence-electron chi connectivity index (χ4n) is 19.4. The molecule has 4 aromatic heterocycles. The van der Waals surface area contributed by atoms with Gasteiger partial charge in [0.1, 0.15) is 0 Å². The zero-order valence-electron chi connectivity index (χ0n) is 57.5. The smallest absolute Gasteiger partial charge is 0.235 e. The second-order valence-electron chi connectivity index (χ2n) is 28.7. The summed E-state index contributed by atoms with van der Waals surface area (Å²) >= 11 is 0. The molecule has 5 heteroatoms. The lowest BCUT2D eigenvalue weighted by molar-refractivity contribution is 0.794. The van der Waals surface area contributed by atoms with Crippen LogP contribution in [0.1, 0.15) is 44.5 Å². The van der Waals surface area contributed by atoms with E-state index in [1.165, 1.54) is 111 Å². The number of fused-ring (bicyclic) bond motifs is 28. The number of pyridine rings is 1. The minimum Gasteiger partial charge on any atom is -0.308 e. The van der Waals surface area contributed by atoms with Crippen LogP contribution in [0, 0.1) is 0 Å². The van der Waals surface area contributed by atoms with Gasteiger partial charge >= 0.3 is 0 Å². The molecule has 0 saturated carbocycles. The van der Waals surface area contributed by atoms with Gasteiger partial charge in [0.2, 0.25) is 5.95 Å². The van der Waals surface area contributed by atoms with E-state index in [1.54, 1.807) is 0 Å². The van der Waals surface area contributed by atoms with Crippen molar-refractivity contribution in [2.24, 2.45) is 0 Å². The highest BCUT2D eigenvalue weighted by molar-refractivity contribution is 6.19. The standard InChI is InChI=1S/C101H61N5/c1-5-27-62(28-6-1)88-59-69(60-89(102-88)63-29-7-2-8-30-63)105-93-56-51-67(58-79(93)75-53-55-86-95(97(75)105)77-41-16-22-47-83(77)100(86)80-44-19-13-37-71(80)72-38-14-20-45-81(72)100)66-35-25-36-68(57-66)70-43-26-49-85-94(70)76-40-15-21-46-82(76)101(85)84-48-23-17-42-78(84)96-87(101)54-52-74-73-39-18-24-50-92(73)106(98(74)96)99-103-90(64-31-9-3-10-32-64)61-91(104-99)65-33-11-4-12-34-65/h1-61H. The number of hydrogen-bond donors (Lipinski definition) is 0. The fraction of sp³-hybridized carbons (Fsp3) is 0.0198. The van der Waals surface area contributed by atoms with Crippen LogP contribution in [0.4, 0.5) is 0 Å². The van der Waals surface area contributed by atoms with Gasteiger partial charge in [-0.1, -0.05) is 328 Å². The molecule has 4 aliphatic carbocycles. The van der Waals surface area contributed by atoms with Gasteiger partial charge in [0.25, 0.3) is 0 Å². The van der Waals surface area contributed by atoms with Crippen LogP contribution in [-0.4, -0.2) is 24.1 Å². The third kappa shape index (κ3) is 8.00. The van der Waals surface area contributed by atoms with Gasteiger partial charge in [-0.3, -0.25) is 4.57 Å². The molecule has 1 unspecified atom stereocenters. The quantitative estimate of drug-likeness (QED) is 0.152. The Morgan fingerprint density at radius 1 is 0.198 bits per heavy atom. The summed E-state index contributed by atoms with van der Waals surface area (Å²) in [5, 5.41) is 4.69. The summed E-state index contributed by atoms with van der Waals surface area (Å²) in [6, 6.07) is 137. The number of hydrogen-bond acceptors (Lipinski definition) is 3. The second-order valence-corrected chi connectivity index (χ2v) is 28.7. The highest BCUT2D eigenvalue weighted by Crippen LogP contribution is 2.67. The fourth-order valence-corrected chi connectivity index (χ4v) is 19.4. The molecule has 23 rings (SSSR count). The molecule has 0 aliphatic heterocycles. The number of para-hydroxylation sites is 1. The van der Waals surface area contributed by atoms with Gasteiger partial charge in [-0.25, -0.2) is 15.0 Å². The van der Waals surface area contributed by atoms with Crippen molar-refractivity contribution in [1.82, 2.24) is 24.1 Å². The van der Waals surface area contributed by atoms with E-state index in [4.69, 9.17) is 15.0 Å². The maximum Gasteiger partial charge on any atom is 0.235 e. The Bertz CT molecular complexity index is 6780. The number of rotatable bonds is 8. The summed E-state index contributed by atoms with van der Waals surface area (Å²) in [6.45, 7) is 0. The molecule has 0 fully saturated rings. The third-order valence-corrected chi connectivity index (χ3v) is 23.6. The topological polar surface area (TPSA) is 48.5 Å². The van der Waals surface area contributed by atoms with E-state index in [9.17, 15) is 0 Å². The molecule has 0 N–H and O–H groups in total. The van der Waals surface area contributed by atoms with Crippen LogP contribution in [0.25, 0.3) is 167 Å². The Morgan fingerprint density at radius 3 is 1.11 bits per heavy atom. The lowest BCUT2D eigenvalue weighted by Crippen LogP contribution is -2.25. The molecule has 490 valence electrons. The van der Waals surface area contributed by atoms with Crippen molar-refractivity contribution in [2.75, 3.05) is 0 Å². The zero-order chi connectivity index (χ0) is 69.3. The molecule has 0 bridgehead atoms. The molecule has 0 saturated heterocycles. The molecule has 4 aliphatic rings. The number of aromatic nitrogens is 5. The van der Waals surface area contributed by atoms with Crippen LogP contribution in [0.5, 0.6) is 0 Å². The van der Waals surface area contributed by atoms with Crippen LogP contribution < -0.4 is 0 Å². The van der Waals surface area contributed by atoms with E-state index < -0.39 is 10.8 Å². The summed E-state index contributed by atoms with van der Waals surface area (Å²) in [6.07, 6.45) is 0. The molecule has 4 heterocycles. The van der Waals surface area contributed by atoms with Crippen molar-refractivity contribution in [3.05, 3.63) is 415 Å². The third-order valence-electron chi connectivity index (χ3n) is 23.6. The predicted octanol–water partition coefficient (Wildman–Crippen LogP) is 24.8. The average molecular weight is 1340 g/mol. The van der Waals surface area contributed by atoms with E-state index in [2.05, 4.69) is 379 Å². The van der Waals surface area contributed by atoms with Crippen molar-refractivity contribution in [3.63, 3.8) is 0 Å². The molecule has 0 radical (unpaired) electrons. The first-order valence-corrected chi connectivity index (χ1v) is 36.6. The Hall–Kier alpha value is -13.9. The first kappa shape index (κ1) is 58.7. The molecule has 19 aromatic rings. The van der Waals surface area contributed by atoms with Gasteiger partial charge in [-0.15, -0.1) is 0 Å². The average Bonchev–Trinajstić information content (AvgIpc) is 1.50. The molecule has 0 amide bonds. The van der Waals surface area contributed by atoms with Crippen LogP contribution in [0.3, 0.4) is 0 Å². The Morgan fingerprint density at radius 2 is 0.566 bits per heavy atom. The zero-order valence-corrected chi connectivity index (χ0v) is 57.5. The minimum atomic E-state index is -0.661. The molecule has 5 nitrogen and oxygen atoms in total. The second kappa shape index (κ2) is 22.3. The van der Waals surface area contributed by atoms with Crippen molar-refractivity contribution < 1.29 is 0 Å². The highest BCUT2D eigenvalue weighted by Gasteiger charge is 2.54. The van der Waals surface area contributed by atoms with Gasteiger partial charge in [-0.05, 0) is 143 Å². The van der Waals surface area contributed by atoms with E-state index in [0.717, 1.165) is 94.7 Å². The van der Waals surface area contributed by atoms with Gasteiger partial charge in [0, 0.05) is 54.9 Å². The molecule has 106 heavy (non-hydrogen) atoms. The molecule has 15 aromatic carbocycles. The number of nitrogens with zero attached hydrogens (tertiary/aromatic N) is 5. The largest absolute Gasteiger partial charge is 0.308 e. The molecular weight excluding hydrogens is 1280 g/mol. The molecular formula is C101H61N5. The first-order valence-electron chi connectivity index (χ1n) is 36.6. The van der Waals surface area contributed by atoms with E-state index in [-0.39, 0.29) is 0 Å². The van der Waals surface area contributed by atoms with Crippen molar-refractivity contribution in [2.45, 2.75) is 10.8 Å². The van der Waals surface area contributed by atoms with Crippen molar-refractivity contribution >= 4 is 43.6 Å². The normalized spacial score (nSPS) is 14.3. The summed E-state index contributed by atoms with van der Waals surface area (Å²) in [7, 11) is 0. The summed E-state index contributed by atoms with van der Waals surface area (Å²) in [4.78, 5) is 16.6. The Kier molecular flexibility index (Phi) is 12.4. The summed E-state index contributed by atoms with van der Waals surface area (Å²) in [5.41, 5.74) is 37.1. The molecule has 1 atom stereocenters. The first-order chi connectivity index (χ1) is 52.6. The predicted molar refractivity (Wildman–Crippen MR) is 434 cm³/mol. The van der Waals surface area contributed by atoms with Gasteiger partial charge in [0.15, 0.2) is 0 Å². The van der Waals surface area contributed by atoms with E-state index in [0.29, 0.717) is 5.95 Å². The van der Waals surface area contributed by atoms with Gasteiger partial charge in [0.05, 0.1) is 61.4 Å². The van der Waals surface area contributed by atoms with Crippen LogP contribution in [-0.2, 0) is 10.8 Å². The number of benzene rings is 15. The SMILES string of the molecule is c1ccc(-c2cc(-n3c4ccc(-c5cccc(-c6cccc7c6-c6ccccc6C76c7ccccc7-c7c6ccc6c8ccccc8n(-c8nc(-c9ccccc9)cc(-c9ccccc9)n8)c76)c5)cc4c4ccc5c(c43)-c3ccccc3C53c4ccccc4-c4ccccc43)cc(-c3ccccc3)n2)cc1. The van der Waals surface area contributed by atoms with Crippen LogP contribution >= 0.6 is 0 Å². The Balaban J connectivity index is 0.729. The van der Waals surface area contributed by atoms with Crippen LogP contribution in [0.15, 0.2) is 370 Å². The van der Waals surface area contributed by atoms with Gasteiger partial charge < -0.3 is 4.57 Å². The minimum absolute atomic E-state index is 0.530. The lowest BCUT2D eigenvalue weighted by Gasteiger charge is -2.30. The van der Waals surface area contributed by atoms with E-state index >= 15 is 0 Å². The monoisotopic (exact) mass is 1340 g/mol. The summed E-state index contributed by atoms with van der Waals surface area (Å²) in [5.74, 6) is 0.630. The van der Waals surface area contributed by atoms with Crippen molar-refractivity contribution in [1.29, 1.82) is 0 Å². The maximum atomic E-state index is 5.55. The Labute approximate surface area is 612 Å². The summed E-state index contributed by atoms with van der Waals surface area (Å²) < 4.78 is 4.92. The highest BCUT2D eigenvalue weighted by atomic mass is 15.2. The van der Waals surface area contributed by atoms with Gasteiger partial charge in [-0.2, -0.15) is 0 Å². The molecule has 2 spiro atoms.